The van der Waals surface area contributed by atoms with E-state index in [9.17, 15) is 4.79 Å². The van der Waals surface area contributed by atoms with E-state index in [-0.39, 0.29) is 12.2 Å². The number of carbonyl (C=O) groups excluding carboxylic acids is 1. The van der Waals surface area contributed by atoms with Crippen LogP contribution in [-0.2, 0) is 9.53 Å². The van der Waals surface area contributed by atoms with Gasteiger partial charge in [0.25, 0.3) is 0 Å². The van der Waals surface area contributed by atoms with E-state index >= 15 is 0 Å². The molecule has 4 nitrogen and oxygen atoms in total. The van der Waals surface area contributed by atoms with Crippen LogP contribution in [0.5, 0.6) is 0 Å². The van der Waals surface area contributed by atoms with Crippen LogP contribution in [0, 0.1) is 17.8 Å². The highest BCUT2D eigenvalue weighted by Crippen LogP contribution is 2.36. The van der Waals surface area contributed by atoms with Crippen LogP contribution >= 0.6 is 0 Å². The minimum Gasteiger partial charge on any atom is -0.381 e. The number of hydrogen-bond donors (Lipinski definition) is 1. The molecule has 1 amide bonds. The van der Waals surface area contributed by atoms with Crippen LogP contribution in [0.25, 0.3) is 0 Å². The minimum atomic E-state index is 0.000344. The number of nitrogens with one attached hydrogen (secondary N) is 1. The van der Waals surface area contributed by atoms with Crippen molar-refractivity contribution in [3.63, 3.8) is 0 Å². The van der Waals surface area contributed by atoms with Gasteiger partial charge in [0.1, 0.15) is 0 Å². The maximum atomic E-state index is 12.9. The van der Waals surface area contributed by atoms with Crippen LogP contribution in [-0.4, -0.2) is 42.3 Å². The highest BCUT2D eigenvalue weighted by Gasteiger charge is 2.47. The van der Waals surface area contributed by atoms with E-state index in [1.165, 1.54) is 25.7 Å². The molecule has 2 aliphatic heterocycles. The summed E-state index contributed by atoms with van der Waals surface area (Å²) in [4.78, 5) is 15.1. The molecule has 0 aromatic rings. The van der Waals surface area contributed by atoms with Crippen molar-refractivity contribution in [3.8, 4) is 0 Å². The first-order valence-electron chi connectivity index (χ1n) is 8.75. The summed E-state index contributed by atoms with van der Waals surface area (Å²) in [5.74, 6) is 1.83. The quantitative estimate of drug-likeness (QED) is 0.865. The molecule has 4 unspecified atom stereocenters. The number of carbonyl (C=O) groups is 1. The van der Waals surface area contributed by atoms with Gasteiger partial charge in [0, 0.05) is 18.6 Å². The summed E-state index contributed by atoms with van der Waals surface area (Å²) in [6, 6.07) is 0.294. The fraction of sp³-hybridized carbons (Fsp3) is 0.941. The Balaban J connectivity index is 1.79. The summed E-state index contributed by atoms with van der Waals surface area (Å²) in [5.41, 5.74) is 0. The third-order valence-electron chi connectivity index (χ3n) is 5.77. The Morgan fingerprint density at radius 3 is 2.48 bits per heavy atom. The first-order chi connectivity index (χ1) is 10.1. The third kappa shape index (κ3) is 2.85. The second-order valence-electron chi connectivity index (χ2n) is 7.49. The monoisotopic (exact) mass is 294 g/mol. The minimum absolute atomic E-state index is 0.000344. The second kappa shape index (κ2) is 6.25. The zero-order chi connectivity index (χ0) is 15.0. The molecule has 120 valence electrons. The number of nitrogens with zero attached hydrogens (tertiary/aromatic N) is 1. The first-order valence-corrected chi connectivity index (χ1v) is 8.75. The largest absolute Gasteiger partial charge is 0.381 e. The normalized spacial score (nSPS) is 36.1. The fourth-order valence-corrected chi connectivity index (χ4v) is 4.36. The van der Waals surface area contributed by atoms with Crippen molar-refractivity contribution in [1.29, 1.82) is 0 Å². The Bertz CT molecular complexity index is 373. The van der Waals surface area contributed by atoms with E-state index in [1.807, 2.05) is 0 Å². The molecule has 2 saturated heterocycles. The lowest BCUT2D eigenvalue weighted by Gasteiger charge is -2.36. The lowest BCUT2D eigenvalue weighted by atomic mass is 9.96. The SMILES string of the molecule is CC(C)C1NC(C2CCCC2)N(C(C)C2CCOC2)C1=O. The Morgan fingerprint density at radius 1 is 1.19 bits per heavy atom. The molecule has 1 N–H and O–H groups in total. The van der Waals surface area contributed by atoms with Crippen molar-refractivity contribution < 1.29 is 9.53 Å². The lowest BCUT2D eigenvalue weighted by molar-refractivity contribution is -0.134. The van der Waals surface area contributed by atoms with Gasteiger partial charge < -0.3 is 9.64 Å². The Morgan fingerprint density at radius 2 is 1.90 bits per heavy atom. The fourth-order valence-electron chi connectivity index (χ4n) is 4.36. The maximum absolute atomic E-state index is 12.9. The lowest BCUT2D eigenvalue weighted by Crippen LogP contribution is -2.49. The molecule has 3 aliphatic rings. The van der Waals surface area contributed by atoms with Gasteiger partial charge >= 0.3 is 0 Å². The van der Waals surface area contributed by atoms with E-state index in [2.05, 4.69) is 31.0 Å². The van der Waals surface area contributed by atoms with Gasteiger partial charge in [-0.15, -0.1) is 0 Å². The van der Waals surface area contributed by atoms with E-state index in [0.717, 1.165) is 19.6 Å². The Labute approximate surface area is 128 Å². The molecular weight excluding hydrogens is 264 g/mol. The molecule has 0 aromatic heterocycles. The van der Waals surface area contributed by atoms with Crippen molar-refractivity contribution in [2.75, 3.05) is 13.2 Å². The van der Waals surface area contributed by atoms with E-state index in [1.54, 1.807) is 0 Å². The first kappa shape index (κ1) is 15.3. The van der Waals surface area contributed by atoms with Crippen molar-refractivity contribution in [2.24, 2.45) is 17.8 Å². The molecule has 0 radical (unpaired) electrons. The van der Waals surface area contributed by atoms with Gasteiger partial charge in [-0.1, -0.05) is 26.7 Å². The predicted molar refractivity (Wildman–Crippen MR) is 82.7 cm³/mol. The van der Waals surface area contributed by atoms with Crippen LogP contribution in [0.15, 0.2) is 0 Å². The summed E-state index contributed by atoms with van der Waals surface area (Å²) >= 11 is 0. The zero-order valence-corrected chi connectivity index (χ0v) is 13.7. The summed E-state index contributed by atoms with van der Waals surface area (Å²) < 4.78 is 5.55. The second-order valence-corrected chi connectivity index (χ2v) is 7.49. The van der Waals surface area contributed by atoms with Gasteiger partial charge in [-0.25, -0.2) is 0 Å². The van der Waals surface area contributed by atoms with Crippen LogP contribution in [0.3, 0.4) is 0 Å². The van der Waals surface area contributed by atoms with Gasteiger partial charge in [-0.3, -0.25) is 10.1 Å². The molecule has 1 saturated carbocycles. The van der Waals surface area contributed by atoms with Crippen LogP contribution in [0.2, 0.25) is 0 Å². The molecule has 4 atom stereocenters. The Hall–Kier alpha value is -0.610. The van der Waals surface area contributed by atoms with Gasteiger partial charge in [0.15, 0.2) is 0 Å². The van der Waals surface area contributed by atoms with Gasteiger partial charge in [0.05, 0.1) is 18.8 Å². The molecule has 3 fully saturated rings. The number of amides is 1. The standard InChI is InChI=1S/C17H30N2O2/c1-11(2)15-17(20)19(12(3)14-8-9-21-10-14)16(18-15)13-6-4-5-7-13/h11-16,18H,4-10H2,1-3H3. The molecule has 3 rings (SSSR count). The molecule has 1 aliphatic carbocycles. The number of ether oxygens (including phenoxy) is 1. The van der Waals surface area contributed by atoms with Crippen LogP contribution in [0.4, 0.5) is 0 Å². The maximum Gasteiger partial charge on any atom is 0.241 e. The number of rotatable bonds is 4. The van der Waals surface area contributed by atoms with Crippen molar-refractivity contribution >= 4 is 5.91 Å². The molecule has 0 spiro atoms. The average molecular weight is 294 g/mol. The summed E-state index contributed by atoms with van der Waals surface area (Å²) in [6.45, 7) is 8.19. The van der Waals surface area contributed by atoms with Crippen LogP contribution in [0.1, 0.15) is 52.9 Å². The van der Waals surface area contributed by atoms with Crippen molar-refractivity contribution in [3.05, 3.63) is 0 Å². The topological polar surface area (TPSA) is 41.6 Å². The summed E-state index contributed by atoms with van der Waals surface area (Å²) in [7, 11) is 0. The number of hydrogen-bond acceptors (Lipinski definition) is 3. The smallest absolute Gasteiger partial charge is 0.241 e. The summed E-state index contributed by atoms with van der Waals surface area (Å²) in [5, 5.41) is 3.67. The third-order valence-corrected chi connectivity index (χ3v) is 5.77. The van der Waals surface area contributed by atoms with E-state index < -0.39 is 0 Å². The molecule has 21 heavy (non-hydrogen) atoms. The zero-order valence-electron chi connectivity index (χ0n) is 13.7. The van der Waals surface area contributed by atoms with E-state index in [4.69, 9.17) is 4.74 Å². The van der Waals surface area contributed by atoms with Crippen molar-refractivity contribution in [2.45, 2.75) is 71.1 Å². The Kier molecular flexibility index (Phi) is 4.55. The highest BCUT2D eigenvalue weighted by molar-refractivity contribution is 5.85. The molecule has 4 heteroatoms. The van der Waals surface area contributed by atoms with Crippen LogP contribution < -0.4 is 5.32 Å². The molecule has 0 bridgehead atoms. The average Bonchev–Trinajstić information content (AvgIpc) is 3.18. The van der Waals surface area contributed by atoms with Gasteiger partial charge in [-0.05, 0) is 38.0 Å². The predicted octanol–water partition coefficient (Wildman–Crippen LogP) is 2.38. The van der Waals surface area contributed by atoms with Gasteiger partial charge in [-0.2, -0.15) is 0 Å². The van der Waals surface area contributed by atoms with Gasteiger partial charge in [0.2, 0.25) is 5.91 Å². The van der Waals surface area contributed by atoms with Crippen molar-refractivity contribution in [1.82, 2.24) is 10.2 Å². The molecule has 2 heterocycles. The summed E-state index contributed by atoms with van der Waals surface area (Å²) in [6.07, 6.45) is 6.51. The molecular formula is C17H30N2O2. The highest BCUT2D eigenvalue weighted by atomic mass is 16.5. The molecule has 0 aromatic carbocycles. The van der Waals surface area contributed by atoms with E-state index in [0.29, 0.717) is 29.7 Å².